The van der Waals surface area contributed by atoms with E-state index in [4.69, 9.17) is 4.74 Å². The number of para-hydroxylation sites is 1. The summed E-state index contributed by atoms with van der Waals surface area (Å²) in [7, 11) is 0. The monoisotopic (exact) mass is 247 g/mol. The first-order chi connectivity index (χ1) is 7.93. The number of aromatic nitrogens is 1. The van der Waals surface area contributed by atoms with Gasteiger partial charge in [0, 0.05) is 4.88 Å². The molecule has 0 aliphatic heterocycles. The second kappa shape index (κ2) is 4.23. The van der Waals surface area contributed by atoms with Crippen molar-refractivity contribution in [1.29, 1.82) is 0 Å². The van der Waals surface area contributed by atoms with Gasteiger partial charge in [0.25, 0.3) is 0 Å². The third kappa shape index (κ3) is 1.81. The Kier molecular flexibility index (Phi) is 2.60. The molecule has 0 fully saturated rings. The summed E-state index contributed by atoms with van der Waals surface area (Å²) in [6.45, 7) is 0.619. The van der Waals surface area contributed by atoms with Crippen molar-refractivity contribution in [2.45, 2.75) is 6.61 Å². The topological polar surface area (TPSA) is 22.1 Å². The molecule has 0 saturated carbocycles. The molecule has 16 heavy (non-hydrogen) atoms. The number of thiophene rings is 1. The van der Waals surface area contributed by atoms with Gasteiger partial charge in [-0.3, -0.25) is 0 Å². The third-order valence-corrected chi connectivity index (χ3v) is 3.92. The van der Waals surface area contributed by atoms with Gasteiger partial charge >= 0.3 is 0 Å². The molecule has 1 aromatic carbocycles. The largest absolute Gasteiger partial charge is 0.486 e. The molecule has 0 radical (unpaired) electrons. The fraction of sp³-hybridized carbons (Fsp3) is 0.0833. The summed E-state index contributed by atoms with van der Waals surface area (Å²) in [6.07, 6.45) is 0. The van der Waals surface area contributed by atoms with E-state index in [0.29, 0.717) is 6.61 Å². The highest BCUT2D eigenvalue weighted by Gasteiger charge is 2.04. The number of ether oxygens (including phenoxy) is 1. The van der Waals surface area contributed by atoms with Crippen LogP contribution in [-0.4, -0.2) is 4.98 Å². The number of benzene rings is 1. The molecular formula is C12H9NOS2. The molecule has 0 spiro atoms. The summed E-state index contributed by atoms with van der Waals surface area (Å²) in [5.41, 5.74) is 2.81. The Morgan fingerprint density at radius 3 is 3.00 bits per heavy atom. The molecule has 0 amide bonds. The fourth-order valence-electron chi connectivity index (χ4n) is 1.52. The van der Waals surface area contributed by atoms with E-state index in [1.165, 1.54) is 9.58 Å². The molecule has 2 heterocycles. The lowest BCUT2D eigenvalue weighted by molar-refractivity contribution is 0.313. The van der Waals surface area contributed by atoms with Crippen molar-refractivity contribution in [3.63, 3.8) is 0 Å². The first kappa shape index (κ1) is 9.81. The number of hydrogen-bond acceptors (Lipinski definition) is 4. The second-order valence-corrected chi connectivity index (χ2v) is 5.24. The maximum Gasteiger partial charge on any atom is 0.146 e. The predicted octanol–water partition coefficient (Wildman–Crippen LogP) is 3.94. The summed E-state index contributed by atoms with van der Waals surface area (Å²) in [5.74, 6) is 0.868. The van der Waals surface area contributed by atoms with E-state index >= 15 is 0 Å². The molecule has 0 atom stereocenters. The van der Waals surface area contributed by atoms with Gasteiger partial charge in [-0.05, 0) is 23.6 Å². The predicted molar refractivity (Wildman–Crippen MR) is 68.3 cm³/mol. The van der Waals surface area contributed by atoms with E-state index in [-0.39, 0.29) is 0 Å². The summed E-state index contributed by atoms with van der Waals surface area (Å²) < 4.78 is 6.95. The highest BCUT2D eigenvalue weighted by atomic mass is 32.1. The highest BCUT2D eigenvalue weighted by molar-refractivity contribution is 7.16. The Morgan fingerprint density at radius 2 is 2.12 bits per heavy atom. The van der Waals surface area contributed by atoms with E-state index in [1.807, 2.05) is 23.7 Å². The molecule has 80 valence electrons. The third-order valence-electron chi connectivity index (χ3n) is 2.27. The van der Waals surface area contributed by atoms with Gasteiger partial charge in [0.2, 0.25) is 0 Å². The van der Waals surface area contributed by atoms with E-state index in [1.54, 1.807) is 22.7 Å². The number of hydrogen-bond donors (Lipinski definition) is 0. The Balaban J connectivity index is 1.86. The molecule has 0 bridgehead atoms. The van der Waals surface area contributed by atoms with Gasteiger partial charge in [-0.2, -0.15) is 0 Å². The maximum atomic E-state index is 5.78. The van der Waals surface area contributed by atoms with Crippen LogP contribution in [0.1, 0.15) is 4.88 Å². The van der Waals surface area contributed by atoms with Gasteiger partial charge in [0.1, 0.15) is 17.9 Å². The summed E-state index contributed by atoms with van der Waals surface area (Å²) >= 11 is 3.34. The van der Waals surface area contributed by atoms with Gasteiger partial charge in [-0.25, -0.2) is 4.98 Å². The molecule has 3 rings (SSSR count). The van der Waals surface area contributed by atoms with Crippen LogP contribution in [0.15, 0.2) is 41.2 Å². The molecule has 0 aliphatic rings. The minimum absolute atomic E-state index is 0.619. The molecule has 0 aliphatic carbocycles. The van der Waals surface area contributed by atoms with Crippen LogP contribution in [0, 0.1) is 0 Å². The first-order valence-electron chi connectivity index (χ1n) is 4.91. The molecular weight excluding hydrogens is 238 g/mol. The molecule has 0 N–H and O–H groups in total. The number of nitrogens with zero attached hydrogens (tertiary/aromatic N) is 1. The summed E-state index contributed by atoms with van der Waals surface area (Å²) in [6, 6.07) is 10.1. The highest BCUT2D eigenvalue weighted by Crippen LogP contribution is 2.27. The Morgan fingerprint density at radius 1 is 1.12 bits per heavy atom. The quantitative estimate of drug-likeness (QED) is 0.699. The van der Waals surface area contributed by atoms with E-state index in [2.05, 4.69) is 22.5 Å². The minimum Gasteiger partial charge on any atom is -0.486 e. The SMILES string of the molecule is c1csc(COc2cccc3scnc23)c1. The van der Waals surface area contributed by atoms with E-state index in [0.717, 1.165) is 11.3 Å². The van der Waals surface area contributed by atoms with Crippen molar-refractivity contribution in [2.24, 2.45) is 0 Å². The summed E-state index contributed by atoms with van der Waals surface area (Å²) in [5, 5.41) is 2.06. The van der Waals surface area contributed by atoms with Crippen molar-refractivity contribution in [1.82, 2.24) is 4.98 Å². The zero-order valence-corrected chi connectivity index (χ0v) is 10.1. The van der Waals surface area contributed by atoms with E-state index < -0.39 is 0 Å². The zero-order valence-electron chi connectivity index (χ0n) is 8.42. The van der Waals surface area contributed by atoms with Crippen molar-refractivity contribution in [2.75, 3.05) is 0 Å². The minimum atomic E-state index is 0.619. The normalized spacial score (nSPS) is 10.8. The van der Waals surface area contributed by atoms with Crippen LogP contribution in [0.25, 0.3) is 10.2 Å². The van der Waals surface area contributed by atoms with Gasteiger partial charge in [0.15, 0.2) is 0 Å². The van der Waals surface area contributed by atoms with Crippen LogP contribution < -0.4 is 4.74 Å². The molecule has 2 aromatic heterocycles. The number of thiazole rings is 1. The Labute approximate surface area is 101 Å². The van der Waals surface area contributed by atoms with Crippen molar-refractivity contribution < 1.29 is 4.74 Å². The van der Waals surface area contributed by atoms with Crippen LogP contribution in [0.5, 0.6) is 5.75 Å². The molecule has 0 unspecified atom stereocenters. The average molecular weight is 247 g/mol. The summed E-state index contributed by atoms with van der Waals surface area (Å²) in [4.78, 5) is 5.54. The zero-order chi connectivity index (χ0) is 10.8. The molecule has 2 nitrogen and oxygen atoms in total. The molecule has 0 saturated heterocycles. The standard InChI is InChI=1S/C12H9NOS2/c1-4-10(12-11(5-1)16-8-13-12)14-7-9-3-2-6-15-9/h1-6,8H,7H2. The van der Waals surface area contributed by atoms with Crippen molar-refractivity contribution in [3.05, 3.63) is 46.1 Å². The lowest BCUT2D eigenvalue weighted by Crippen LogP contribution is -1.93. The van der Waals surface area contributed by atoms with Crippen molar-refractivity contribution >= 4 is 32.9 Å². The maximum absolute atomic E-state index is 5.78. The lowest BCUT2D eigenvalue weighted by atomic mass is 10.3. The van der Waals surface area contributed by atoms with Crippen LogP contribution in [0.3, 0.4) is 0 Å². The molecule has 4 heteroatoms. The van der Waals surface area contributed by atoms with Gasteiger partial charge in [-0.1, -0.05) is 12.1 Å². The Hall–Kier alpha value is -1.39. The van der Waals surface area contributed by atoms with Gasteiger partial charge in [-0.15, -0.1) is 22.7 Å². The number of rotatable bonds is 3. The van der Waals surface area contributed by atoms with Gasteiger partial charge in [0.05, 0.1) is 10.2 Å². The van der Waals surface area contributed by atoms with Gasteiger partial charge < -0.3 is 4.74 Å². The van der Waals surface area contributed by atoms with Crippen LogP contribution in [0.4, 0.5) is 0 Å². The molecule has 3 aromatic rings. The first-order valence-corrected chi connectivity index (χ1v) is 6.67. The second-order valence-electron chi connectivity index (χ2n) is 3.32. The smallest absolute Gasteiger partial charge is 0.146 e. The van der Waals surface area contributed by atoms with Crippen LogP contribution in [0.2, 0.25) is 0 Å². The van der Waals surface area contributed by atoms with Crippen LogP contribution in [-0.2, 0) is 6.61 Å². The number of fused-ring (bicyclic) bond motifs is 1. The van der Waals surface area contributed by atoms with Crippen molar-refractivity contribution in [3.8, 4) is 5.75 Å². The lowest BCUT2D eigenvalue weighted by Gasteiger charge is -2.04. The fourth-order valence-corrected chi connectivity index (χ4v) is 2.83. The van der Waals surface area contributed by atoms with E-state index in [9.17, 15) is 0 Å². The Bertz CT molecular complexity index is 586. The van der Waals surface area contributed by atoms with Crippen LogP contribution >= 0.6 is 22.7 Å². The average Bonchev–Trinajstić information content (AvgIpc) is 2.97.